The fraction of sp³-hybridized carbons (Fsp3) is 0.500. The van der Waals surface area contributed by atoms with E-state index >= 15 is 0 Å². The van der Waals surface area contributed by atoms with Crippen molar-refractivity contribution in [1.82, 2.24) is 15.1 Å². The van der Waals surface area contributed by atoms with Crippen molar-refractivity contribution in [2.24, 2.45) is 11.1 Å². The van der Waals surface area contributed by atoms with Gasteiger partial charge in [0.2, 0.25) is 11.8 Å². The molecule has 1 aromatic carbocycles. The number of methoxy groups -OCH3 is 1. The Morgan fingerprint density at radius 1 is 1.23 bits per heavy atom. The van der Waals surface area contributed by atoms with Gasteiger partial charge in [-0.05, 0) is 19.0 Å². The number of hydrogen-bond acceptors (Lipinski definition) is 6. The molecule has 2 amide bonds. The predicted octanol–water partition coefficient (Wildman–Crippen LogP) is 1.96. The lowest BCUT2D eigenvalue weighted by Crippen LogP contribution is -2.52. The topological polar surface area (TPSA) is 121 Å². The fourth-order valence-corrected chi connectivity index (χ4v) is 4.54. The van der Waals surface area contributed by atoms with Gasteiger partial charge in [0, 0.05) is 63.6 Å². The van der Waals surface area contributed by atoms with Crippen LogP contribution in [0.25, 0.3) is 5.57 Å². The van der Waals surface area contributed by atoms with E-state index < -0.39 is 5.41 Å². The number of nitrogens with one attached hydrogen (secondary N) is 2. The number of benzene rings is 1. The van der Waals surface area contributed by atoms with E-state index in [1.807, 2.05) is 35.0 Å². The predicted molar refractivity (Wildman–Crippen MR) is 135 cm³/mol. The zero-order valence-corrected chi connectivity index (χ0v) is 20.7. The highest BCUT2D eigenvalue weighted by molar-refractivity contribution is 5.94. The number of ether oxygens (including phenoxy) is 2. The Balaban J connectivity index is 1.87. The Morgan fingerprint density at radius 2 is 2.00 bits per heavy atom. The summed E-state index contributed by atoms with van der Waals surface area (Å²) in [6.07, 6.45) is 6.20. The minimum absolute atomic E-state index is 0.0834. The summed E-state index contributed by atoms with van der Waals surface area (Å²) < 4.78 is 11.5. The second-order valence-corrected chi connectivity index (χ2v) is 9.29. The molecule has 1 aliphatic carbocycles. The molecule has 1 unspecified atom stereocenters. The number of carbonyl (C=O) groups is 2. The molecule has 0 aromatic heterocycles. The smallest absolute Gasteiger partial charge is 0.236 e. The standard InChI is InChI=1S/C26H37N5O4/c1-30-13-14-31(24(33)18-30)19-26(12-10-23(32)29-25(27)28)11-9-21(20-7-4-3-5-8-20)22(17-26)35-16-6-15-34-2/h3-5,7-9,11H,6,10,12-19H2,1-2H3,(H4,27,28,29,32). The summed E-state index contributed by atoms with van der Waals surface area (Å²) in [4.78, 5) is 29.0. The Kier molecular flexibility index (Phi) is 9.45. The Labute approximate surface area is 207 Å². The van der Waals surface area contributed by atoms with E-state index in [9.17, 15) is 9.59 Å². The van der Waals surface area contributed by atoms with Crippen LogP contribution >= 0.6 is 0 Å². The molecule has 3 rings (SSSR count). The maximum atomic E-state index is 12.8. The molecule has 0 saturated carbocycles. The van der Waals surface area contributed by atoms with E-state index in [0.717, 1.165) is 29.9 Å². The Bertz CT molecular complexity index is 962. The molecule has 190 valence electrons. The molecule has 2 aliphatic rings. The van der Waals surface area contributed by atoms with E-state index in [1.54, 1.807) is 7.11 Å². The highest BCUT2D eigenvalue weighted by Crippen LogP contribution is 2.42. The van der Waals surface area contributed by atoms with Gasteiger partial charge in [0.15, 0.2) is 5.96 Å². The number of nitrogens with two attached hydrogens (primary N) is 1. The lowest BCUT2D eigenvalue weighted by Gasteiger charge is -2.41. The number of likely N-dealkylation sites (N-methyl/N-ethyl adjacent to an activating group) is 1. The van der Waals surface area contributed by atoms with Crippen molar-refractivity contribution in [3.05, 3.63) is 53.8 Å². The number of amides is 2. The zero-order chi connectivity index (χ0) is 25.3. The number of allylic oxidation sites excluding steroid dienone is 3. The minimum atomic E-state index is -0.478. The van der Waals surface area contributed by atoms with Crippen LogP contribution in [-0.2, 0) is 19.1 Å². The van der Waals surface area contributed by atoms with Crippen LogP contribution in [0.5, 0.6) is 0 Å². The Morgan fingerprint density at radius 3 is 2.69 bits per heavy atom. The molecule has 1 heterocycles. The summed E-state index contributed by atoms with van der Waals surface area (Å²) in [6.45, 7) is 3.45. The second-order valence-electron chi connectivity index (χ2n) is 9.29. The molecule has 9 heteroatoms. The number of nitrogens with zero attached hydrogens (tertiary/aromatic N) is 2. The third-order valence-electron chi connectivity index (χ3n) is 6.41. The molecule has 1 aromatic rings. The third-order valence-corrected chi connectivity index (χ3v) is 6.41. The molecule has 4 N–H and O–H groups in total. The van der Waals surface area contributed by atoms with Gasteiger partial charge in [0.1, 0.15) is 5.76 Å². The quantitative estimate of drug-likeness (QED) is 0.251. The summed E-state index contributed by atoms with van der Waals surface area (Å²) >= 11 is 0. The molecular formula is C26H37N5O4. The summed E-state index contributed by atoms with van der Waals surface area (Å²) in [6, 6.07) is 10.1. The van der Waals surface area contributed by atoms with Crippen molar-refractivity contribution in [2.75, 3.05) is 53.6 Å². The van der Waals surface area contributed by atoms with Gasteiger partial charge >= 0.3 is 0 Å². The maximum Gasteiger partial charge on any atom is 0.236 e. The first-order chi connectivity index (χ1) is 16.8. The average molecular weight is 484 g/mol. The van der Waals surface area contributed by atoms with Gasteiger partial charge in [-0.15, -0.1) is 0 Å². The lowest BCUT2D eigenvalue weighted by atomic mass is 9.74. The molecule has 9 nitrogen and oxygen atoms in total. The number of rotatable bonds is 11. The molecule has 1 saturated heterocycles. The van der Waals surface area contributed by atoms with Crippen molar-refractivity contribution in [3.8, 4) is 0 Å². The van der Waals surface area contributed by atoms with Gasteiger partial charge in [-0.1, -0.05) is 42.5 Å². The van der Waals surface area contributed by atoms with Crippen LogP contribution in [0.15, 0.2) is 48.2 Å². The van der Waals surface area contributed by atoms with Crippen LogP contribution in [0.3, 0.4) is 0 Å². The summed E-state index contributed by atoms with van der Waals surface area (Å²) in [7, 11) is 3.61. The number of hydrogen-bond donors (Lipinski definition) is 3. The summed E-state index contributed by atoms with van der Waals surface area (Å²) in [5.74, 6) is 0.254. The van der Waals surface area contributed by atoms with Crippen LogP contribution < -0.4 is 11.1 Å². The maximum absolute atomic E-state index is 12.8. The summed E-state index contributed by atoms with van der Waals surface area (Å²) in [5.41, 5.74) is 6.93. The van der Waals surface area contributed by atoms with E-state index in [-0.39, 0.29) is 24.2 Å². The molecular weight excluding hydrogens is 446 g/mol. The highest BCUT2D eigenvalue weighted by atomic mass is 16.5. The molecule has 0 radical (unpaired) electrons. The van der Waals surface area contributed by atoms with E-state index in [0.29, 0.717) is 45.7 Å². The summed E-state index contributed by atoms with van der Waals surface area (Å²) in [5, 5.41) is 9.71. The fourth-order valence-electron chi connectivity index (χ4n) is 4.54. The van der Waals surface area contributed by atoms with Crippen LogP contribution in [0.2, 0.25) is 0 Å². The van der Waals surface area contributed by atoms with Gasteiger partial charge in [-0.3, -0.25) is 25.2 Å². The van der Waals surface area contributed by atoms with Gasteiger partial charge in [-0.25, -0.2) is 0 Å². The normalized spacial score (nSPS) is 20.7. The van der Waals surface area contributed by atoms with E-state index in [1.165, 1.54) is 0 Å². The van der Waals surface area contributed by atoms with Gasteiger partial charge in [0.05, 0.1) is 13.2 Å². The van der Waals surface area contributed by atoms with Crippen molar-refractivity contribution < 1.29 is 19.1 Å². The molecule has 35 heavy (non-hydrogen) atoms. The molecule has 1 atom stereocenters. The SMILES string of the molecule is COCCCOC1=C(c2ccccc2)C=CC(CCC(=O)NC(=N)N)(CN2CCN(C)CC2=O)C1. The highest BCUT2D eigenvalue weighted by Gasteiger charge is 2.37. The first-order valence-electron chi connectivity index (χ1n) is 12.0. The second kappa shape index (κ2) is 12.5. The first-order valence-corrected chi connectivity index (χ1v) is 12.0. The monoisotopic (exact) mass is 483 g/mol. The van der Waals surface area contributed by atoms with Crippen molar-refractivity contribution in [1.29, 1.82) is 5.41 Å². The number of carbonyl (C=O) groups excluding carboxylic acids is 2. The average Bonchev–Trinajstić information content (AvgIpc) is 2.83. The van der Waals surface area contributed by atoms with Crippen molar-refractivity contribution >= 4 is 23.3 Å². The van der Waals surface area contributed by atoms with Crippen molar-refractivity contribution in [3.63, 3.8) is 0 Å². The van der Waals surface area contributed by atoms with Crippen molar-refractivity contribution in [2.45, 2.75) is 25.7 Å². The van der Waals surface area contributed by atoms with Crippen LogP contribution in [0, 0.1) is 10.8 Å². The van der Waals surface area contributed by atoms with Crippen LogP contribution in [0.1, 0.15) is 31.2 Å². The molecule has 1 aliphatic heterocycles. The van der Waals surface area contributed by atoms with E-state index in [4.69, 9.17) is 20.6 Å². The zero-order valence-electron chi connectivity index (χ0n) is 20.7. The van der Waals surface area contributed by atoms with Gasteiger partial charge in [0.25, 0.3) is 0 Å². The Hall–Kier alpha value is -3.17. The molecule has 1 fully saturated rings. The third kappa shape index (κ3) is 7.66. The van der Waals surface area contributed by atoms with Gasteiger partial charge in [-0.2, -0.15) is 0 Å². The van der Waals surface area contributed by atoms with Crippen LogP contribution in [-0.4, -0.2) is 81.1 Å². The minimum Gasteiger partial charge on any atom is -0.497 e. The number of guanidine groups is 1. The molecule has 0 bridgehead atoms. The number of piperazine rings is 1. The van der Waals surface area contributed by atoms with Gasteiger partial charge < -0.3 is 20.1 Å². The largest absolute Gasteiger partial charge is 0.497 e. The lowest BCUT2D eigenvalue weighted by molar-refractivity contribution is -0.137. The van der Waals surface area contributed by atoms with Crippen LogP contribution in [0.4, 0.5) is 0 Å². The first kappa shape index (κ1) is 26.4. The molecule has 0 spiro atoms. The van der Waals surface area contributed by atoms with E-state index in [2.05, 4.69) is 29.6 Å².